The third-order valence-corrected chi connectivity index (χ3v) is 2.78. The molecule has 0 aliphatic heterocycles. The number of carboxylic acids is 1. The molecule has 0 fully saturated rings. The Labute approximate surface area is 95.0 Å². The van der Waals surface area contributed by atoms with E-state index in [1.54, 1.807) is 0 Å². The van der Waals surface area contributed by atoms with E-state index in [2.05, 4.69) is 5.10 Å². The standard InChI is InChI=1S/C11H18N2O3/c1-5-13-8(3)9(7(2)12-13)6-10(16-4)11(14)15/h10H,5-6H2,1-4H3,(H,14,15). The lowest BCUT2D eigenvalue weighted by atomic mass is 10.1. The van der Waals surface area contributed by atoms with E-state index in [1.807, 2.05) is 25.5 Å². The molecule has 5 heteroatoms. The van der Waals surface area contributed by atoms with Crippen molar-refractivity contribution in [2.75, 3.05) is 7.11 Å². The summed E-state index contributed by atoms with van der Waals surface area (Å²) in [4.78, 5) is 10.9. The number of rotatable bonds is 5. The van der Waals surface area contributed by atoms with Crippen molar-refractivity contribution in [3.63, 3.8) is 0 Å². The van der Waals surface area contributed by atoms with Gasteiger partial charge in [0.25, 0.3) is 0 Å². The van der Waals surface area contributed by atoms with Gasteiger partial charge in [-0.25, -0.2) is 4.79 Å². The van der Waals surface area contributed by atoms with Crippen LogP contribution < -0.4 is 0 Å². The van der Waals surface area contributed by atoms with E-state index in [-0.39, 0.29) is 0 Å². The average molecular weight is 226 g/mol. The van der Waals surface area contributed by atoms with E-state index in [4.69, 9.17) is 9.84 Å². The Hall–Kier alpha value is -1.36. The van der Waals surface area contributed by atoms with Gasteiger partial charge in [-0.1, -0.05) is 0 Å². The van der Waals surface area contributed by atoms with Crippen LogP contribution in [0, 0.1) is 13.8 Å². The molecule has 0 radical (unpaired) electrons. The minimum Gasteiger partial charge on any atom is -0.479 e. The lowest BCUT2D eigenvalue weighted by Gasteiger charge is -2.10. The third kappa shape index (κ3) is 2.41. The number of aliphatic carboxylic acids is 1. The van der Waals surface area contributed by atoms with E-state index in [0.29, 0.717) is 6.42 Å². The second kappa shape index (κ2) is 5.12. The molecule has 0 aliphatic carbocycles. The lowest BCUT2D eigenvalue weighted by Crippen LogP contribution is -2.25. The summed E-state index contributed by atoms with van der Waals surface area (Å²) in [6, 6.07) is 0. The smallest absolute Gasteiger partial charge is 0.333 e. The second-order valence-corrected chi connectivity index (χ2v) is 3.73. The van der Waals surface area contributed by atoms with Crippen molar-refractivity contribution in [3.8, 4) is 0 Å². The monoisotopic (exact) mass is 226 g/mol. The van der Waals surface area contributed by atoms with Crippen LogP contribution in [-0.4, -0.2) is 34.1 Å². The molecule has 1 heterocycles. The molecular formula is C11H18N2O3. The van der Waals surface area contributed by atoms with Crippen molar-refractivity contribution in [2.24, 2.45) is 0 Å². The fourth-order valence-electron chi connectivity index (χ4n) is 1.79. The van der Waals surface area contributed by atoms with Crippen molar-refractivity contribution in [2.45, 2.75) is 39.8 Å². The summed E-state index contributed by atoms with van der Waals surface area (Å²) in [6.45, 7) is 6.64. The molecule has 1 aromatic heterocycles. The average Bonchev–Trinajstić information content (AvgIpc) is 2.51. The third-order valence-electron chi connectivity index (χ3n) is 2.78. The van der Waals surface area contributed by atoms with Crippen LogP contribution in [0.25, 0.3) is 0 Å². The molecule has 1 N–H and O–H groups in total. The summed E-state index contributed by atoms with van der Waals surface area (Å²) in [5.74, 6) is -0.939. The van der Waals surface area contributed by atoms with Gasteiger partial charge in [0.1, 0.15) is 0 Å². The number of ether oxygens (including phenoxy) is 1. The maximum Gasteiger partial charge on any atom is 0.333 e. The molecule has 0 saturated carbocycles. The van der Waals surface area contributed by atoms with E-state index >= 15 is 0 Å². The molecule has 0 aliphatic rings. The Morgan fingerprint density at radius 2 is 2.19 bits per heavy atom. The molecule has 0 bridgehead atoms. The Kier molecular flexibility index (Phi) is 4.06. The van der Waals surface area contributed by atoms with Crippen LogP contribution in [0.1, 0.15) is 23.9 Å². The van der Waals surface area contributed by atoms with Crippen LogP contribution in [0.3, 0.4) is 0 Å². The summed E-state index contributed by atoms with van der Waals surface area (Å²) in [7, 11) is 1.41. The molecule has 1 aromatic rings. The first-order valence-electron chi connectivity index (χ1n) is 5.29. The zero-order chi connectivity index (χ0) is 12.3. The zero-order valence-corrected chi connectivity index (χ0v) is 10.1. The highest BCUT2D eigenvalue weighted by molar-refractivity contribution is 5.72. The molecule has 0 saturated heterocycles. The van der Waals surface area contributed by atoms with Crippen LogP contribution in [-0.2, 0) is 22.5 Å². The highest BCUT2D eigenvalue weighted by atomic mass is 16.5. The second-order valence-electron chi connectivity index (χ2n) is 3.73. The van der Waals surface area contributed by atoms with E-state index in [1.165, 1.54) is 7.11 Å². The van der Waals surface area contributed by atoms with Gasteiger partial charge in [0, 0.05) is 25.8 Å². The number of aromatic nitrogens is 2. The molecular weight excluding hydrogens is 208 g/mol. The first-order chi connectivity index (χ1) is 7.51. The van der Waals surface area contributed by atoms with E-state index in [0.717, 1.165) is 23.5 Å². The number of methoxy groups -OCH3 is 1. The van der Waals surface area contributed by atoms with Crippen LogP contribution >= 0.6 is 0 Å². The highest BCUT2D eigenvalue weighted by Crippen LogP contribution is 2.16. The first-order valence-corrected chi connectivity index (χ1v) is 5.29. The van der Waals surface area contributed by atoms with Gasteiger partial charge in [-0.05, 0) is 26.3 Å². The maximum atomic E-state index is 10.9. The van der Waals surface area contributed by atoms with Crippen LogP contribution in [0.5, 0.6) is 0 Å². The Bertz CT molecular complexity index is 385. The quantitative estimate of drug-likeness (QED) is 0.818. The Morgan fingerprint density at radius 3 is 2.56 bits per heavy atom. The summed E-state index contributed by atoms with van der Waals surface area (Å²) < 4.78 is 6.81. The number of carbonyl (C=O) groups is 1. The van der Waals surface area contributed by atoms with E-state index < -0.39 is 12.1 Å². The fourth-order valence-corrected chi connectivity index (χ4v) is 1.79. The Morgan fingerprint density at radius 1 is 1.56 bits per heavy atom. The lowest BCUT2D eigenvalue weighted by molar-refractivity contribution is -0.148. The highest BCUT2D eigenvalue weighted by Gasteiger charge is 2.21. The fraction of sp³-hybridized carbons (Fsp3) is 0.636. The summed E-state index contributed by atoms with van der Waals surface area (Å²) in [5.41, 5.74) is 2.86. The van der Waals surface area contributed by atoms with Crippen molar-refractivity contribution < 1.29 is 14.6 Å². The predicted molar refractivity (Wildman–Crippen MR) is 59.5 cm³/mol. The largest absolute Gasteiger partial charge is 0.479 e. The molecule has 0 spiro atoms. The molecule has 5 nitrogen and oxygen atoms in total. The molecule has 1 atom stereocenters. The van der Waals surface area contributed by atoms with Crippen LogP contribution in [0.4, 0.5) is 0 Å². The Balaban J connectivity index is 2.96. The molecule has 0 amide bonds. The first kappa shape index (κ1) is 12.7. The summed E-state index contributed by atoms with van der Waals surface area (Å²) >= 11 is 0. The molecule has 1 rings (SSSR count). The predicted octanol–water partition coefficient (Wildman–Crippen LogP) is 1.16. The topological polar surface area (TPSA) is 64.4 Å². The SMILES string of the molecule is CCn1nc(C)c(CC(OC)C(=O)O)c1C. The van der Waals surface area contributed by atoms with Gasteiger partial charge < -0.3 is 9.84 Å². The van der Waals surface area contributed by atoms with Gasteiger partial charge in [0.05, 0.1) is 5.69 Å². The van der Waals surface area contributed by atoms with Gasteiger partial charge in [-0.2, -0.15) is 5.10 Å². The number of hydrogen-bond donors (Lipinski definition) is 1. The van der Waals surface area contributed by atoms with Gasteiger partial charge in [0.2, 0.25) is 0 Å². The summed E-state index contributed by atoms with van der Waals surface area (Å²) in [5, 5.41) is 13.3. The van der Waals surface area contributed by atoms with Gasteiger partial charge in [0.15, 0.2) is 6.10 Å². The number of nitrogens with zero attached hydrogens (tertiary/aromatic N) is 2. The number of carboxylic acid groups (broad SMARTS) is 1. The maximum absolute atomic E-state index is 10.9. The molecule has 0 aromatic carbocycles. The van der Waals surface area contributed by atoms with Crippen LogP contribution in [0.15, 0.2) is 0 Å². The van der Waals surface area contributed by atoms with Gasteiger partial charge in [-0.15, -0.1) is 0 Å². The normalized spacial score (nSPS) is 12.8. The summed E-state index contributed by atoms with van der Waals surface area (Å²) in [6.07, 6.45) is -0.435. The van der Waals surface area contributed by atoms with Crippen LogP contribution in [0.2, 0.25) is 0 Å². The minimum atomic E-state index is -0.939. The number of hydrogen-bond acceptors (Lipinski definition) is 3. The molecule has 90 valence electrons. The molecule has 16 heavy (non-hydrogen) atoms. The van der Waals surface area contributed by atoms with Gasteiger partial charge in [-0.3, -0.25) is 4.68 Å². The van der Waals surface area contributed by atoms with Crippen molar-refractivity contribution in [1.82, 2.24) is 9.78 Å². The number of aryl methyl sites for hydroxylation is 2. The van der Waals surface area contributed by atoms with Gasteiger partial charge >= 0.3 is 5.97 Å². The minimum absolute atomic E-state index is 0.365. The van der Waals surface area contributed by atoms with E-state index in [9.17, 15) is 4.79 Å². The van der Waals surface area contributed by atoms with Crippen molar-refractivity contribution >= 4 is 5.97 Å². The zero-order valence-electron chi connectivity index (χ0n) is 10.1. The van der Waals surface area contributed by atoms with Crippen molar-refractivity contribution in [3.05, 3.63) is 17.0 Å². The molecule has 1 unspecified atom stereocenters. The van der Waals surface area contributed by atoms with Crippen molar-refractivity contribution in [1.29, 1.82) is 0 Å².